The topological polar surface area (TPSA) is 58.6 Å². The predicted octanol–water partition coefficient (Wildman–Crippen LogP) is 2.01. The number of ether oxygens (including phenoxy) is 1. The minimum atomic E-state index is -0.428. The summed E-state index contributed by atoms with van der Waals surface area (Å²) in [5.74, 6) is -0.428. The molecule has 1 atom stereocenters. The van der Waals surface area contributed by atoms with Gasteiger partial charge in [-0.05, 0) is 25.3 Å². The molecule has 18 heavy (non-hydrogen) atoms. The van der Waals surface area contributed by atoms with Crippen LogP contribution in [-0.2, 0) is 9.53 Å². The number of amides is 2. The van der Waals surface area contributed by atoms with Crippen molar-refractivity contribution in [2.45, 2.75) is 19.9 Å². The van der Waals surface area contributed by atoms with Gasteiger partial charge in [-0.25, -0.2) is 4.79 Å². The molecule has 5 nitrogen and oxygen atoms in total. The first kappa shape index (κ1) is 14.5. The lowest BCUT2D eigenvalue weighted by Crippen LogP contribution is -2.41. The van der Waals surface area contributed by atoms with Crippen molar-refractivity contribution >= 4 is 23.3 Å². The summed E-state index contributed by atoms with van der Waals surface area (Å²) >= 11 is 1.60. The van der Waals surface area contributed by atoms with Gasteiger partial charge in [-0.1, -0.05) is 6.07 Å². The normalized spacial score (nSPS) is 11.7. The first-order valence-electron chi connectivity index (χ1n) is 5.76. The van der Waals surface area contributed by atoms with Gasteiger partial charge in [0.2, 0.25) is 0 Å². The van der Waals surface area contributed by atoms with E-state index in [0.29, 0.717) is 6.61 Å². The molecule has 1 aromatic heterocycles. The maximum Gasteiger partial charge on any atom is 0.325 e. The molecule has 0 radical (unpaired) electrons. The Hall–Kier alpha value is -1.56. The molecule has 1 N–H and O–H groups in total. The van der Waals surface area contributed by atoms with Crippen LogP contribution in [0.4, 0.5) is 4.79 Å². The molecular weight excluding hydrogens is 252 g/mol. The van der Waals surface area contributed by atoms with E-state index in [-0.39, 0.29) is 18.6 Å². The van der Waals surface area contributed by atoms with Gasteiger partial charge in [0.25, 0.3) is 0 Å². The zero-order valence-electron chi connectivity index (χ0n) is 10.8. The third kappa shape index (κ3) is 4.03. The molecule has 1 heterocycles. The van der Waals surface area contributed by atoms with E-state index >= 15 is 0 Å². The highest BCUT2D eigenvalue weighted by atomic mass is 32.1. The summed E-state index contributed by atoms with van der Waals surface area (Å²) in [6.45, 7) is 3.88. The van der Waals surface area contributed by atoms with E-state index in [1.54, 1.807) is 30.2 Å². The van der Waals surface area contributed by atoms with Crippen molar-refractivity contribution in [1.82, 2.24) is 10.2 Å². The van der Waals surface area contributed by atoms with Crippen LogP contribution >= 0.6 is 11.3 Å². The van der Waals surface area contributed by atoms with E-state index in [1.165, 1.54) is 0 Å². The highest BCUT2D eigenvalue weighted by molar-refractivity contribution is 7.10. The fourth-order valence-corrected chi connectivity index (χ4v) is 2.21. The largest absolute Gasteiger partial charge is 0.465 e. The third-order valence-corrected chi connectivity index (χ3v) is 3.59. The summed E-state index contributed by atoms with van der Waals surface area (Å²) in [5, 5.41) is 4.50. The Labute approximate surface area is 111 Å². The van der Waals surface area contributed by atoms with Crippen molar-refractivity contribution in [3.8, 4) is 0 Å². The van der Waals surface area contributed by atoms with E-state index in [4.69, 9.17) is 4.74 Å². The Morgan fingerprint density at radius 2 is 2.28 bits per heavy atom. The fraction of sp³-hybridized carbons (Fsp3) is 0.500. The second kappa shape index (κ2) is 7.00. The SMILES string of the molecule is CCOC(=O)CNC(=O)N(C)C(C)c1cccs1. The zero-order chi connectivity index (χ0) is 13.5. The van der Waals surface area contributed by atoms with E-state index in [9.17, 15) is 9.59 Å². The van der Waals surface area contributed by atoms with E-state index in [2.05, 4.69) is 5.32 Å². The number of rotatable bonds is 5. The molecule has 0 aliphatic carbocycles. The predicted molar refractivity (Wildman–Crippen MR) is 70.5 cm³/mol. The van der Waals surface area contributed by atoms with Gasteiger partial charge in [0.1, 0.15) is 6.54 Å². The Morgan fingerprint density at radius 1 is 1.56 bits per heavy atom. The molecule has 0 spiro atoms. The monoisotopic (exact) mass is 270 g/mol. The molecule has 6 heteroatoms. The second-order valence-corrected chi connectivity index (χ2v) is 4.75. The third-order valence-electron chi connectivity index (χ3n) is 2.55. The van der Waals surface area contributed by atoms with Crippen LogP contribution < -0.4 is 5.32 Å². The van der Waals surface area contributed by atoms with E-state index < -0.39 is 5.97 Å². The second-order valence-electron chi connectivity index (χ2n) is 3.77. The number of urea groups is 1. The van der Waals surface area contributed by atoms with Crippen LogP contribution in [0.2, 0.25) is 0 Å². The Balaban J connectivity index is 2.44. The molecule has 1 unspecified atom stereocenters. The lowest BCUT2D eigenvalue weighted by Gasteiger charge is -2.24. The van der Waals surface area contributed by atoms with E-state index in [1.807, 2.05) is 24.4 Å². The molecule has 100 valence electrons. The van der Waals surface area contributed by atoms with Crippen LogP contribution in [0.3, 0.4) is 0 Å². The summed E-state index contributed by atoms with van der Waals surface area (Å²) in [5.41, 5.74) is 0. The molecule has 0 fully saturated rings. The number of hydrogen-bond donors (Lipinski definition) is 1. The molecule has 1 rings (SSSR count). The summed E-state index contributed by atoms with van der Waals surface area (Å²) in [4.78, 5) is 25.6. The Bertz CT molecular complexity index is 392. The number of esters is 1. The highest BCUT2D eigenvalue weighted by Gasteiger charge is 2.18. The van der Waals surface area contributed by atoms with Gasteiger partial charge in [-0.15, -0.1) is 11.3 Å². The molecule has 0 aromatic carbocycles. The maximum atomic E-state index is 11.8. The molecule has 0 aliphatic heterocycles. The van der Waals surface area contributed by atoms with Crippen LogP contribution in [0.1, 0.15) is 24.8 Å². The number of carbonyl (C=O) groups is 2. The van der Waals surface area contributed by atoms with Gasteiger partial charge in [0.05, 0.1) is 12.6 Å². The summed E-state index contributed by atoms with van der Waals surface area (Å²) in [7, 11) is 1.70. The number of carbonyl (C=O) groups excluding carboxylic acids is 2. The number of hydrogen-bond acceptors (Lipinski definition) is 4. The maximum absolute atomic E-state index is 11.8. The van der Waals surface area contributed by atoms with Crippen molar-refractivity contribution in [2.24, 2.45) is 0 Å². The average Bonchev–Trinajstić information content (AvgIpc) is 2.88. The quantitative estimate of drug-likeness (QED) is 0.833. The smallest absolute Gasteiger partial charge is 0.325 e. The lowest BCUT2D eigenvalue weighted by atomic mass is 10.2. The van der Waals surface area contributed by atoms with Gasteiger partial charge >= 0.3 is 12.0 Å². The molecule has 0 saturated heterocycles. The fourth-order valence-electron chi connectivity index (χ4n) is 1.38. The van der Waals surface area contributed by atoms with Crippen LogP contribution in [-0.4, -0.2) is 37.1 Å². The van der Waals surface area contributed by atoms with Crippen molar-refractivity contribution in [1.29, 1.82) is 0 Å². The van der Waals surface area contributed by atoms with Crippen LogP contribution in [0.5, 0.6) is 0 Å². The van der Waals surface area contributed by atoms with Gasteiger partial charge in [-0.3, -0.25) is 4.79 Å². The molecule has 0 aliphatic rings. The van der Waals surface area contributed by atoms with Crippen LogP contribution in [0.15, 0.2) is 17.5 Å². The van der Waals surface area contributed by atoms with Crippen molar-refractivity contribution < 1.29 is 14.3 Å². The first-order valence-corrected chi connectivity index (χ1v) is 6.64. The summed E-state index contributed by atoms with van der Waals surface area (Å²) in [6.07, 6.45) is 0. The number of nitrogens with one attached hydrogen (secondary N) is 1. The summed E-state index contributed by atoms with van der Waals surface area (Å²) in [6, 6.07) is 3.61. The van der Waals surface area contributed by atoms with Crippen molar-refractivity contribution in [3.05, 3.63) is 22.4 Å². The molecule has 2 amide bonds. The summed E-state index contributed by atoms with van der Waals surface area (Å²) < 4.78 is 4.73. The average molecular weight is 270 g/mol. The first-order chi connectivity index (χ1) is 8.56. The van der Waals surface area contributed by atoms with Crippen molar-refractivity contribution in [2.75, 3.05) is 20.2 Å². The minimum Gasteiger partial charge on any atom is -0.465 e. The number of thiophene rings is 1. The van der Waals surface area contributed by atoms with Gasteiger partial charge in [0.15, 0.2) is 0 Å². The van der Waals surface area contributed by atoms with Crippen molar-refractivity contribution in [3.63, 3.8) is 0 Å². The van der Waals surface area contributed by atoms with Gasteiger partial charge in [-0.2, -0.15) is 0 Å². The standard InChI is InChI=1S/C12H18N2O3S/c1-4-17-11(15)8-13-12(16)14(3)9(2)10-6-5-7-18-10/h5-7,9H,4,8H2,1-3H3,(H,13,16). The lowest BCUT2D eigenvalue weighted by molar-refractivity contribution is -0.141. The zero-order valence-corrected chi connectivity index (χ0v) is 11.6. The minimum absolute atomic E-state index is 0.0211. The van der Waals surface area contributed by atoms with E-state index in [0.717, 1.165) is 4.88 Å². The molecule has 1 aromatic rings. The molecule has 0 saturated carbocycles. The van der Waals surface area contributed by atoms with Crippen LogP contribution in [0.25, 0.3) is 0 Å². The number of nitrogens with zero attached hydrogens (tertiary/aromatic N) is 1. The van der Waals surface area contributed by atoms with Crippen LogP contribution in [0, 0.1) is 0 Å². The Morgan fingerprint density at radius 3 is 2.83 bits per heavy atom. The van der Waals surface area contributed by atoms with Gasteiger partial charge in [0, 0.05) is 11.9 Å². The Kier molecular flexibility index (Phi) is 5.64. The molecule has 0 bridgehead atoms. The highest BCUT2D eigenvalue weighted by Crippen LogP contribution is 2.23. The molecular formula is C12H18N2O3S. The van der Waals surface area contributed by atoms with Gasteiger partial charge < -0.3 is 15.0 Å².